The molecule has 4 nitrogen and oxygen atoms in total. The van der Waals surface area contributed by atoms with E-state index >= 15 is 0 Å². The Morgan fingerprint density at radius 3 is 3.27 bits per heavy atom. The van der Waals surface area contributed by atoms with Crippen LogP contribution in [0.3, 0.4) is 0 Å². The molecule has 0 aromatic carbocycles. The van der Waals surface area contributed by atoms with E-state index in [0.29, 0.717) is 17.4 Å². The van der Waals surface area contributed by atoms with Gasteiger partial charge in [-0.1, -0.05) is 0 Å². The molecule has 0 bridgehead atoms. The first-order chi connectivity index (χ1) is 7.40. The molecule has 1 saturated heterocycles. The summed E-state index contributed by atoms with van der Waals surface area (Å²) in [6, 6.07) is 4.22. The maximum Gasteiger partial charge on any atom is 0.166 e. The predicted octanol–water partition coefficient (Wildman–Crippen LogP) is 1.66. The molecule has 1 aliphatic rings. The van der Waals surface area contributed by atoms with Gasteiger partial charge in [-0.15, -0.1) is 5.10 Å². The van der Waals surface area contributed by atoms with Crippen molar-refractivity contribution in [1.82, 2.24) is 10.2 Å². The lowest BCUT2D eigenvalue weighted by Gasteiger charge is -2.22. The third-order valence-electron chi connectivity index (χ3n) is 2.34. The maximum absolute atomic E-state index is 8.88. The van der Waals surface area contributed by atoms with Crippen LogP contribution < -0.4 is 5.32 Å². The van der Waals surface area contributed by atoms with Gasteiger partial charge in [0.05, 0.1) is 11.8 Å². The number of hydrogen-bond acceptors (Lipinski definition) is 5. The Morgan fingerprint density at radius 1 is 1.60 bits per heavy atom. The minimum Gasteiger partial charge on any atom is -0.364 e. The molecule has 15 heavy (non-hydrogen) atoms. The van der Waals surface area contributed by atoms with Crippen LogP contribution in [-0.4, -0.2) is 27.7 Å². The average molecular weight is 220 g/mol. The number of nitrogens with zero attached hydrogens (tertiary/aromatic N) is 3. The lowest BCUT2D eigenvalue weighted by Crippen LogP contribution is -2.26. The number of thioether (sulfide) groups is 1. The minimum absolute atomic E-state index is 0.424. The summed E-state index contributed by atoms with van der Waals surface area (Å²) < 4.78 is 0. The molecule has 0 saturated carbocycles. The molecule has 0 amide bonds. The highest BCUT2D eigenvalue weighted by molar-refractivity contribution is 7.99. The number of rotatable bonds is 2. The van der Waals surface area contributed by atoms with Crippen LogP contribution in [0.2, 0.25) is 0 Å². The van der Waals surface area contributed by atoms with Gasteiger partial charge in [-0.2, -0.15) is 22.1 Å². The lowest BCUT2D eigenvalue weighted by atomic mass is 10.2. The Labute approximate surface area is 93.1 Å². The number of aromatic nitrogens is 2. The number of anilines is 1. The quantitative estimate of drug-likeness (QED) is 0.821. The Bertz CT molecular complexity index is 368. The van der Waals surface area contributed by atoms with Crippen LogP contribution in [0.1, 0.15) is 18.4 Å². The standard InChI is InChI=1S/C10H12N4S/c11-6-8-3-4-12-14-10(8)13-9-2-1-5-15-7-9/h3-4,9H,1-2,5,7H2,(H,13,14). The number of nitriles is 1. The summed E-state index contributed by atoms with van der Waals surface area (Å²) in [7, 11) is 0. The maximum atomic E-state index is 8.88. The van der Waals surface area contributed by atoms with E-state index in [1.54, 1.807) is 12.3 Å². The zero-order valence-electron chi connectivity index (χ0n) is 8.31. The van der Waals surface area contributed by atoms with E-state index < -0.39 is 0 Å². The largest absolute Gasteiger partial charge is 0.364 e. The molecule has 5 heteroatoms. The fourth-order valence-corrected chi connectivity index (χ4v) is 2.65. The van der Waals surface area contributed by atoms with Crippen LogP contribution in [0.4, 0.5) is 5.82 Å². The first-order valence-corrected chi connectivity index (χ1v) is 6.11. The van der Waals surface area contributed by atoms with Gasteiger partial charge in [-0.3, -0.25) is 0 Å². The summed E-state index contributed by atoms with van der Waals surface area (Å²) in [5.74, 6) is 2.94. The molecule has 2 heterocycles. The van der Waals surface area contributed by atoms with Crippen molar-refractivity contribution in [3.8, 4) is 6.07 Å². The van der Waals surface area contributed by atoms with Crippen LogP contribution in [-0.2, 0) is 0 Å². The summed E-state index contributed by atoms with van der Waals surface area (Å²) in [5, 5.41) is 19.9. The van der Waals surface area contributed by atoms with Crippen molar-refractivity contribution in [1.29, 1.82) is 5.26 Å². The van der Waals surface area contributed by atoms with Crippen molar-refractivity contribution in [3.63, 3.8) is 0 Å². The summed E-state index contributed by atoms with van der Waals surface area (Å²) in [4.78, 5) is 0. The Morgan fingerprint density at radius 2 is 2.53 bits per heavy atom. The van der Waals surface area contributed by atoms with Crippen molar-refractivity contribution in [2.75, 3.05) is 16.8 Å². The van der Waals surface area contributed by atoms with Gasteiger partial charge >= 0.3 is 0 Å². The molecule has 78 valence electrons. The van der Waals surface area contributed by atoms with Crippen LogP contribution in [0.25, 0.3) is 0 Å². The van der Waals surface area contributed by atoms with Gasteiger partial charge in [0.1, 0.15) is 6.07 Å². The second-order valence-corrected chi connectivity index (χ2v) is 4.61. The Kier molecular flexibility index (Phi) is 3.41. The average Bonchev–Trinajstić information content (AvgIpc) is 2.31. The summed E-state index contributed by atoms with van der Waals surface area (Å²) in [5.41, 5.74) is 0.570. The smallest absolute Gasteiger partial charge is 0.166 e. The fourth-order valence-electron chi connectivity index (χ4n) is 1.58. The number of nitrogens with one attached hydrogen (secondary N) is 1. The predicted molar refractivity (Wildman–Crippen MR) is 60.7 cm³/mol. The van der Waals surface area contributed by atoms with Crippen molar-refractivity contribution in [2.45, 2.75) is 18.9 Å². The van der Waals surface area contributed by atoms with Crippen LogP contribution in [0.5, 0.6) is 0 Å². The SMILES string of the molecule is N#Cc1ccnnc1NC1CCCSC1. The summed E-state index contributed by atoms with van der Waals surface area (Å²) >= 11 is 1.94. The second kappa shape index (κ2) is 4.99. The third-order valence-corrected chi connectivity index (χ3v) is 3.56. The minimum atomic E-state index is 0.424. The van der Waals surface area contributed by atoms with E-state index in [9.17, 15) is 0 Å². The molecule has 1 aromatic rings. The van der Waals surface area contributed by atoms with Gasteiger partial charge in [-0.05, 0) is 24.7 Å². The molecule has 1 unspecified atom stereocenters. The second-order valence-electron chi connectivity index (χ2n) is 3.46. The molecule has 1 aliphatic heterocycles. The van der Waals surface area contributed by atoms with E-state index in [0.717, 1.165) is 12.2 Å². The van der Waals surface area contributed by atoms with Gasteiger partial charge in [0.15, 0.2) is 5.82 Å². The molecule has 1 fully saturated rings. The van der Waals surface area contributed by atoms with Crippen LogP contribution >= 0.6 is 11.8 Å². The van der Waals surface area contributed by atoms with Gasteiger partial charge in [0, 0.05) is 11.8 Å². The van der Waals surface area contributed by atoms with Gasteiger partial charge in [0.25, 0.3) is 0 Å². The fraction of sp³-hybridized carbons (Fsp3) is 0.500. The van der Waals surface area contributed by atoms with Crippen molar-refractivity contribution < 1.29 is 0 Å². The molecule has 1 aromatic heterocycles. The van der Waals surface area contributed by atoms with Crippen molar-refractivity contribution in [3.05, 3.63) is 17.8 Å². The highest BCUT2D eigenvalue weighted by Gasteiger charge is 2.15. The van der Waals surface area contributed by atoms with E-state index in [2.05, 4.69) is 21.6 Å². The first kappa shape index (κ1) is 10.2. The zero-order chi connectivity index (χ0) is 10.5. The molecule has 0 aliphatic carbocycles. The third kappa shape index (κ3) is 2.60. The first-order valence-electron chi connectivity index (χ1n) is 4.96. The molecule has 1 N–H and O–H groups in total. The molecular formula is C10H12N4S. The number of hydrogen-bond donors (Lipinski definition) is 1. The molecular weight excluding hydrogens is 208 g/mol. The zero-order valence-corrected chi connectivity index (χ0v) is 9.13. The van der Waals surface area contributed by atoms with Crippen molar-refractivity contribution >= 4 is 17.6 Å². The van der Waals surface area contributed by atoms with Gasteiger partial charge in [-0.25, -0.2) is 0 Å². The summed E-state index contributed by atoms with van der Waals surface area (Å²) in [6.07, 6.45) is 3.91. The highest BCUT2D eigenvalue weighted by atomic mass is 32.2. The van der Waals surface area contributed by atoms with Crippen molar-refractivity contribution in [2.24, 2.45) is 0 Å². The van der Waals surface area contributed by atoms with Crippen LogP contribution in [0.15, 0.2) is 12.3 Å². The molecule has 0 radical (unpaired) electrons. The van der Waals surface area contributed by atoms with E-state index in [-0.39, 0.29) is 0 Å². The van der Waals surface area contributed by atoms with E-state index in [1.807, 2.05) is 11.8 Å². The summed E-state index contributed by atoms with van der Waals surface area (Å²) in [6.45, 7) is 0. The van der Waals surface area contributed by atoms with E-state index in [1.165, 1.54) is 12.2 Å². The van der Waals surface area contributed by atoms with E-state index in [4.69, 9.17) is 5.26 Å². The molecule has 2 rings (SSSR count). The molecule has 0 spiro atoms. The normalized spacial score (nSPS) is 20.6. The van der Waals surface area contributed by atoms with Gasteiger partial charge in [0.2, 0.25) is 0 Å². The van der Waals surface area contributed by atoms with Crippen LogP contribution in [0, 0.1) is 11.3 Å². The molecule has 1 atom stereocenters. The highest BCUT2D eigenvalue weighted by Crippen LogP contribution is 2.20. The van der Waals surface area contributed by atoms with Gasteiger partial charge < -0.3 is 5.32 Å². The lowest BCUT2D eigenvalue weighted by molar-refractivity contribution is 0.680. The Hall–Kier alpha value is -1.28. The monoisotopic (exact) mass is 220 g/mol. The topological polar surface area (TPSA) is 61.6 Å². The Balaban J connectivity index is 2.06.